The zero-order valence-electron chi connectivity index (χ0n) is 23.2. The topological polar surface area (TPSA) is 104 Å². The van der Waals surface area contributed by atoms with E-state index in [0.29, 0.717) is 43.9 Å². The molecule has 6 nitrogen and oxygen atoms in total. The van der Waals surface area contributed by atoms with Gasteiger partial charge in [0.15, 0.2) is 5.78 Å². The number of carbonyl (C=O) groups is 2. The van der Waals surface area contributed by atoms with Crippen molar-refractivity contribution in [3.05, 3.63) is 12.2 Å². The minimum atomic E-state index is -1.17. The second-order valence-electron chi connectivity index (χ2n) is 13.6. The number of ether oxygens (including phenoxy) is 1. The molecular formula is C30H48O6. The molecule has 0 aromatic carbocycles. The zero-order valence-corrected chi connectivity index (χ0v) is 23.2. The monoisotopic (exact) mass is 504 g/mol. The number of hydrogen-bond donors (Lipinski definition) is 3. The molecule has 4 aliphatic rings. The third-order valence-corrected chi connectivity index (χ3v) is 11.2. The van der Waals surface area contributed by atoms with Crippen LogP contribution in [0.15, 0.2) is 12.2 Å². The van der Waals surface area contributed by atoms with Crippen molar-refractivity contribution in [1.29, 1.82) is 0 Å². The van der Waals surface area contributed by atoms with E-state index in [-0.39, 0.29) is 52.9 Å². The Hall–Kier alpha value is -1.24. The van der Waals surface area contributed by atoms with Crippen LogP contribution in [0.1, 0.15) is 80.6 Å². The summed E-state index contributed by atoms with van der Waals surface area (Å²) in [6.07, 6.45) is 4.60. The van der Waals surface area contributed by atoms with Crippen LogP contribution in [0.5, 0.6) is 0 Å². The summed E-state index contributed by atoms with van der Waals surface area (Å²) in [7, 11) is 0. The molecule has 13 atom stereocenters. The van der Waals surface area contributed by atoms with E-state index in [1.165, 1.54) is 6.92 Å². The van der Waals surface area contributed by atoms with Gasteiger partial charge in [-0.25, -0.2) is 0 Å². The van der Waals surface area contributed by atoms with Crippen LogP contribution >= 0.6 is 0 Å². The molecule has 204 valence electrons. The summed E-state index contributed by atoms with van der Waals surface area (Å²) in [5, 5.41) is 33.5. The second kappa shape index (κ2) is 9.81. The van der Waals surface area contributed by atoms with Gasteiger partial charge in [0.05, 0.1) is 12.2 Å². The summed E-state index contributed by atoms with van der Waals surface area (Å²) in [6, 6.07) is 0. The maximum Gasteiger partial charge on any atom is 0.302 e. The average Bonchev–Trinajstić information content (AvgIpc) is 3.06. The summed E-state index contributed by atoms with van der Waals surface area (Å²) in [4.78, 5) is 25.7. The highest BCUT2D eigenvalue weighted by atomic mass is 16.5. The fourth-order valence-corrected chi connectivity index (χ4v) is 9.12. The van der Waals surface area contributed by atoms with Crippen LogP contribution < -0.4 is 0 Å². The van der Waals surface area contributed by atoms with Gasteiger partial charge in [0, 0.05) is 24.7 Å². The van der Waals surface area contributed by atoms with Gasteiger partial charge in [-0.05, 0) is 72.5 Å². The molecule has 0 amide bonds. The third-order valence-electron chi connectivity index (χ3n) is 11.2. The lowest BCUT2D eigenvalue weighted by atomic mass is 9.42. The Kier molecular flexibility index (Phi) is 7.57. The van der Waals surface area contributed by atoms with E-state index in [9.17, 15) is 24.9 Å². The maximum atomic E-state index is 13.5. The lowest BCUT2D eigenvalue weighted by Gasteiger charge is -2.62. The van der Waals surface area contributed by atoms with Gasteiger partial charge in [-0.15, -0.1) is 0 Å². The standard InChI is InChI=1S/C30H48O6/c1-15(2)16(3)8-9-17(4)25-23(36-18(5)31)13-20-24-26(22(33)14-30(20,25)7)29(6)11-10-19(32)12-21(29)27(34)28(24)35/h8-9,15-17,19-26,28,32-33,35H,10-14H2,1-7H3/b9-8+/t16-,17?,19-,20-,21+,22-,23-,24-,25-,26?,28+,29-,30-/m0/s1. The van der Waals surface area contributed by atoms with Gasteiger partial charge < -0.3 is 20.1 Å². The Morgan fingerprint density at radius 3 is 2.33 bits per heavy atom. The number of ketones is 1. The smallest absolute Gasteiger partial charge is 0.302 e. The number of fused-ring (bicyclic) bond motifs is 5. The van der Waals surface area contributed by atoms with E-state index in [1.807, 2.05) is 0 Å². The second-order valence-corrected chi connectivity index (χ2v) is 13.6. The number of hydrogen-bond acceptors (Lipinski definition) is 6. The fourth-order valence-electron chi connectivity index (χ4n) is 9.12. The van der Waals surface area contributed by atoms with Gasteiger partial charge in [-0.2, -0.15) is 0 Å². The molecule has 0 saturated heterocycles. The summed E-state index contributed by atoms with van der Waals surface area (Å²) >= 11 is 0. The highest BCUT2D eigenvalue weighted by Gasteiger charge is 2.69. The first-order chi connectivity index (χ1) is 16.7. The summed E-state index contributed by atoms with van der Waals surface area (Å²) < 4.78 is 5.93. The molecule has 4 aliphatic carbocycles. The van der Waals surface area contributed by atoms with Crippen LogP contribution in [0, 0.1) is 58.2 Å². The van der Waals surface area contributed by atoms with Crippen LogP contribution in [0.4, 0.5) is 0 Å². The molecule has 4 rings (SSSR count). The molecule has 4 fully saturated rings. The molecule has 4 saturated carbocycles. The van der Waals surface area contributed by atoms with Crippen molar-refractivity contribution in [3.8, 4) is 0 Å². The predicted octanol–water partition coefficient (Wildman–Crippen LogP) is 4.15. The van der Waals surface area contributed by atoms with Crippen molar-refractivity contribution in [2.45, 2.75) is 105 Å². The zero-order chi connectivity index (χ0) is 26.7. The molecule has 2 unspecified atom stereocenters. The molecule has 0 radical (unpaired) electrons. The Morgan fingerprint density at radius 2 is 1.72 bits per heavy atom. The summed E-state index contributed by atoms with van der Waals surface area (Å²) in [5.41, 5.74) is -0.835. The van der Waals surface area contributed by atoms with Crippen LogP contribution in [-0.4, -0.2) is 51.5 Å². The van der Waals surface area contributed by atoms with Crippen molar-refractivity contribution < 1.29 is 29.6 Å². The molecule has 0 aromatic rings. The van der Waals surface area contributed by atoms with Gasteiger partial charge >= 0.3 is 5.97 Å². The first kappa shape index (κ1) is 27.8. The molecule has 6 heteroatoms. The van der Waals surface area contributed by atoms with E-state index in [1.54, 1.807) is 0 Å². The Morgan fingerprint density at radius 1 is 1.06 bits per heavy atom. The lowest BCUT2D eigenvalue weighted by Crippen LogP contribution is -2.66. The number of allylic oxidation sites excluding steroid dienone is 2. The largest absolute Gasteiger partial charge is 0.462 e. The number of esters is 1. The van der Waals surface area contributed by atoms with Crippen molar-refractivity contribution in [2.75, 3.05) is 0 Å². The van der Waals surface area contributed by atoms with Crippen molar-refractivity contribution >= 4 is 11.8 Å². The Balaban J connectivity index is 1.73. The van der Waals surface area contributed by atoms with Crippen LogP contribution in [0.2, 0.25) is 0 Å². The van der Waals surface area contributed by atoms with Gasteiger partial charge in [0.2, 0.25) is 0 Å². The SMILES string of the molecule is CC(=O)O[C@H]1C[C@H]2[C@H]3C([C@@H](O)C[C@]2(C)[C@H]1C(C)/C=C/[C@H](C)C(C)C)[C@@]1(C)CC[C@H](O)C[C@@H]1C(=O)[C@@H]3O. The van der Waals surface area contributed by atoms with Crippen LogP contribution in [-0.2, 0) is 14.3 Å². The van der Waals surface area contributed by atoms with E-state index in [0.717, 1.165) is 0 Å². The number of aliphatic hydroxyl groups is 3. The fraction of sp³-hybridized carbons (Fsp3) is 0.867. The van der Waals surface area contributed by atoms with Crippen molar-refractivity contribution in [3.63, 3.8) is 0 Å². The van der Waals surface area contributed by atoms with E-state index in [2.05, 4.69) is 53.7 Å². The number of rotatable bonds is 5. The number of aliphatic hydroxyl groups excluding tert-OH is 3. The quantitative estimate of drug-likeness (QED) is 0.384. The van der Waals surface area contributed by atoms with Gasteiger partial charge in [-0.1, -0.05) is 53.7 Å². The van der Waals surface area contributed by atoms with E-state index >= 15 is 0 Å². The van der Waals surface area contributed by atoms with Crippen molar-refractivity contribution in [2.24, 2.45) is 58.2 Å². The normalized spacial score (nSPS) is 48.3. The molecule has 0 spiro atoms. The first-order valence-corrected chi connectivity index (χ1v) is 14.2. The van der Waals surface area contributed by atoms with E-state index < -0.39 is 29.6 Å². The minimum absolute atomic E-state index is 0.0152. The van der Waals surface area contributed by atoms with Gasteiger partial charge in [-0.3, -0.25) is 9.59 Å². The molecule has 36 heavy (non-hydrogen) atoms. The molecule has 0 aliphatic heterocycles. The highest BCUT2D eigenvalue weighted by Crippen LogP contribution is 2.68. The molecular weight excluding hydrogens is 456 g/mol. The van der Waals surface area contributed by atoms with Crippen LogP contribution in [0.25, 0.3) is 0 Å². The van der Waals surface area contributed by atoms with Gasteiger partial charge in [0.1, 0.15) is 12.2 Å². The molecule has 3 N–H and O–H groups in total. The van der Waals surface area contributed by atoms with E-state index in [4.69, 9.17) is 4.74 Å². The minimum Gasteiger partial charge on any atom is -0.462 e. The Bertz CT molecular complexity index is 883. The number of Topliss-reactive ketones (excluding diaryl/α,β-unsaturated/α-hetero) is 1. The Labute approximate surface area is 216 Å². The molecule has 0 bridgehead atoms. The first-order valence-electron chi connectivity index (χ1n) is 14.2. The number of carbonyl (C=O) groups excluding carboxylic acids is 2. The average molecular weight is 505 g/mol. The summed E-state index contributed by atoms with van der Waals surface area (Å²) in [5.74, 6) is -0.530. The maximum absolute atomic E-state index is 13.5. The highest BCUT2D eigenvalue weighted by molar-refractivity contribution is 5.87. The predicted molar refractivity (Wildman–Crippen MR) is 138 cm³/mol. The lowest BCUT2D eigenvalue weighted by molar-refractivity contribution is -0.209. The van der Waals surface area contributed by atoms with Gasteiger partial charge in [0.25, 0.3) is 0 Å². The van der Waals surface area contributed by atoms with Crippen molar-refractivity contribution in [1.82, 2.24) is 0 Å². The summed E-state index contributed by atoms with van der Waals surface area (Å²) in [6.45, 7) is 14.5. The third kappa shape index (κ3) is 4.39. The molecule has 0 heterocycles. The van der Waals surface area contributed by atoms with Crippen LogP contribution in [0.3, 0.4) is 0 Å². The molecule has 0 aromatic heterocycles.